The molecule has 7 nitrogen and oxygen atoms in total. The number of para-hydroxylation sites is 1. The van der Waals surface area contributed by atoms with Gasteiger partial charge in [0.15, 0.2) is 0 Å². The van der Waals surface area contributed by atoms with Crippen molar-refractivity contribution in [2.75, 3.05) is 17.5 Å². The van der Waals surface area contributed by atoms with Crippen molar-refractivity contribution < 1.29 is 17.9 Å². The normalized spacial score (nSPS) is 11.6. The number of hydrogen-bond donors (Lipinski definition) is 1. The van der Waals surface area contributed by atoms with Gasteiger partial charge in [0.05, 0.1) is 23.4 Å². The summed E-state index contributed by atoms with van der Waals surface area (Å²) in [6, 6.07) is 22.8. The van der Waals surface area contributed by atoms with E-state index in [-0.39, 0.29) is 4.90 Å². The molecule has 3 aromatic carbocycles. The number of sulfonamides is 1. The molecule has 0 aliphatic heterocycles. The number of carbonyl (C=O) groups excluding carboxylic acids is 1. The van der Waals surface area contributed by atoms with Crippen LogP contribution in [0.1, 0.15) is 69.9 Å². The Morgan fingerprint density at radius 1 is 0.923 bits per heavy atom. The fourth-order valence-electron chi connectivity index (χ4n) is 4.01. The summed E-state index contributed by atoms with van der Waals surface area (Å²) in [4.78, 5) is 13.0. The van der Waals surface area contributed by atoms with Gasteiger partial charge in [-0.2, -0.15) is 5.10 Å². The number of ether oxygens (including phenoxy) is 1. The fourth-order valence-corrected chi connectivity index (χ4v) is 5.45. The second-order valence-corrected chi connectivity index (χ2v) is 11.5. The van der Waals surface area contributed by atoms with Crippen LogP contribution in [-0.4, -0.2) is 33.7 Å². The zero-order valence-electron chi connectivity index (χ0n) is 23.0. The molecule has 0 saturated heterocycles. The van der Waals surface area contributed by atoms with Gasteiger partial charge in [0.1, 0.15) is 12.3 Å². The summed E-state index contributed by atoms with van der Waals surface area (Å²) < 4.78 is 34.0. The first-order valence-electron chi connectivity index (χ1n) is 13.5. The second kappa shape index (κ2) is 15.1. The van der Waals surface area contributed by atoms with Crippen LogP contribution in [-0.2, 0) is 14.8 Å². The minimum absolute atomic E-state index is 0.106. The number of amides is 1. The van der Waals surface area contributed by atoms with E-state index in [2.05, 4.69) is 31.3 Å². The molecule has 0 aliphatic rings. The first-order chi connectivity index (χ1) is 18.8. The Hall–Kier alpha value is -3.65. The monoisotopic (exact) mass is 549 g/mol. The Bertz CT molecular complexity index is 1310. The summed E-state index contributed by atoms with van der Waals surface area (Å²) in [6.45, 7) is 6.51. The van der Waals surface area contributed by atoms with Crippen LogP contribution in [0.5, 0.6) is 5.75 Å². The maximum absolute atomic E-state index is 13.5. The lowest BCUT2D eigenvalue weighted by molar-refractivity contribution is -0.119. The largest absolute Gasteiger partial charge is 0.493 e. The lowest BCUT2D eigenvalue weighted by Gasteiger charge is -2.24. The van der Waals surface area contributed by atoms with Crippen LogP contribution in [0.15, 0.2) is 88.9 Å². The number of unbranched alkanes of at least 4 members (excludes halogenated alkanes) is 4. The topological polar surface area (TPSA) is 88.1 Å². The van der Waals surface area contributed by atoms with Crippen molar-refractivity contribution >= 4 is 27.8 Å². The van der Waals surface area contributed by atoms with E-state index in [9.17, 15) is 13.2 Å². The molecule has 3 aromatic rings. The summed E-state index contributed by atoms with van der Waals surface area (Å²) in [5.74, 6) is 0.418. The molecule has 1 N–H and O–H groups in total. The maximum Gasteiger partial charge on any atom is 0.264 e. The lowest BCUT2D eigenvalue weighted by atomic mass is 10.0. The van der Waals surface area contributed by atoms with E-state index in [1.807, 2.05) is 36.4 Å². The van der Waals surface area contributed by atoms with Gasteiger partial charge in [-0.25, -0.2) is 13.8 Å². The standard InChI is InChI=1S/C31H39N3O4S/c1-4-5-6-7-13-22-38-30-17-12-11-14-27(30)23-32-33-31(35)24-34(28-20-18-26(19-21-28)25(2)3)39(36,37)29-15-9-8-10-16-29/h8-12,14-21,23,25H,4-7,13,22,24H2,1-3H3,(H,33,35)/b32-23-. The Morgan fingerprint density at radius 2 is 1.59 bits per heavy atom. The molecule has 0 spiro atoms. The van der Waals surface area contributed by atoms with E-state index < -0.39 is 22.5 Å². The molecule has 0 fully saturated rings. The number of rotatable bonds is 15. The lowest BCUT2D eigenvalue weighted by Crippen LogP contribution is -2.39. The van der Waals surface area contributed by atoms with Crippen molar-refractivity contribution in [3.05, 3.63) is 90.0 Å². The quantitative estimate of drug-likeness (QED) is 0.133. The van der Waals surface area contributed by atoms with Gasteiger partial charge < -0.3 is 4.74 Å². The minimum Gasteiger partial charge on any atom is -0.493 e. The molecule has 0 heterocycles. The Labute approximate surface area is 233 Å². The molecule has 0 radical (unpaired) electrons. The van der Waals surface area contributed by atoms with Gasteiger partial charge >= 0.3 is 0 Å². The Morgan fingerprint density at radius 3 is 2.28 bits per heavy atom. The number of carbonyl (C=O) groups is 1. The third-order valence-corrected chi connectivity index (χ3v) is 8.07. The van der Waals surface area contributed by atoms with E-state index in [4.69, 9.17) is 4.74 Å². The summed E-state index contributed by atoms with van der Waals surface area (Å²) in [5.41, 5.74) is 4.68. The third kappa shape index (κ3) is 8.96. The van der Waals surface area contributed by atoms with Gasteiger partial charge in [0.25, 0.3) is 15.9 Å². The SMILES string of the molecule is CCCCCCCOc1ccccc1/C=N\NC(=O)CN(c1ccc(C(C)C)cc1)S(=O)(=O)c1ccccc1. The highest BCUT2D eigenvalue weighted by atomic mass is 32.2. The molecule has 8 heteroatoms. The molecule has 208 valence electrons. The number of hydrogen-bond acceptors (Lipinski definition) is 5. The van der Waals surface area contributed by atoms with E-state index in [1.54, 1.807) is 30.3 Å². The smallest absolute Gasteiger partial charge is 0.264 e. The molecule has 0 aromatic heterocycles. The second-order valence-electron chi connectivity index (χ2n) is 9.66. The van der Waals surface area contributed by atoms with Gasteiger partial charge in [-0.05, 0) is 54.3 Å². The number of nitrogens with zero attached hydrogens (tertiary/aromatic N) is 2. The molecule has 39 heavy (non-hydrogen) atoms. The molecular formula is C31H39N3O4S. The van der Waals surface area contributed by atoms with E-state index in [0.29, 0.717) is 24.0 Å². The molecule has 0 bridgehead atoms. The Kier molecular flexibility index (Phi) is 11.6. The number of benzene rings is 3. The third-order valence-electron chi connectivity index (χ3n) is 6.28. The number of hydrazone groups is 1. The van der Waals surface area contributed by atoms with Crippen LogP contribution in [0, 0.1) is 0 Å². The van der Waals surface area contributed by atoms with Crippen LogP contribution in [0.2, 0.25) is 0 Å². The first kappa shape index (κ1) is 29.9. The maximum atomic E-state index is 13.5. The van der Waals surface area contributed by atoms with Gasteiger partial charge in [-0.3, -0.25) is 9.10 Å². The minimum atomic E-state index is -3.98. The van der Waals surface area contributed by atoms with E-state index >= 15 is 0 Å². The first-order valence-corrected chi connectivity index (χ1v) is 15.0. The van der Waals surface area contributed by atoms with Crippen LogP contribution in [0.3, 0.4) is 0 Å². The molecule has 1 amide bonds. The van der Waals surface area contributed by atoms with Crippen molar-refractivity contribution in [2.24, 2.45) is 5.10 Å². The average Bonchev–Trinajstić information content (AvgIpc) is 2.95. The van der Waals surface area contributed by atoms with Gasteiger partial charge in [-0.15, -0.1) is 0 Å². The van der Waals surface area contributed by atoms with Gasteiger partial charge in [0.2, 0.25) is 0 Å². The summed E-state index contributed by atoms with van der Waals surface area (Å²) >= 11 is 0. The molecule has 0 unspecified atom stereocenters. The summed E-state index contributed by atoms with van der Waals surface area (Å²) in [5, 5.41) is 4.08. The number of nitrogens with one attached hydrogen (secondary N) is 1. The highest BCUT2D eigenvalue weighted by molar-refractivity contribution is 7.92. The molecule has 0 atom stereocenters. The van der Waals surface area contributed by atoms with Crippen molar-refractivity contribution in [1.29, 1.82) is 0 Å². The zero-order valence-corrected chi connectivity index (χ0v) is 23.9. The van der Waals surface area contributed by atoms with Crippen molar-refractivity contribution in [2.45, 2.75) is 63.7 Å². The summed E-state index contributed by atoms with van der Waals surface area (Å²) in [7, 11) is -3.98. The van der Waals surface area contributed by atoms with Crippen LogP contribution in [0.4, 0.5) is 5.69 Å². The van der Waals surface area contributed by atoms with Gasteiger partial charge in [-0.1, -0.05) is 88.9 Å². The van der Waals surface area contributed by atoms with Gasteiger partial charge in [0, 0.05) is 5.56 Å². The van der Waals surface area contributed by atoms with Crippen LogP contribution < -0.4 is 14.5 Å². The predicted molar refractivity (Wildman–Crippen MR) is 158 cm³/mol. The molecule has 0 saturated carbocycles. The zero-order chi connectivity index (χ0) is 28.1. The predicted octanol–water partition coefficient (Wildman–Crippen LogP) is 6.50. The Balaban J connectivity index is 1.70. The molecular weight excluding hydrogens is 510 g/mol. The molecule has 3 rings (SSSR count). The average molecular weight is 550 g/mol. The number of anilines is 1. The van der Waals surface area contributed by atoms with Crippen molar-refractivity contribution in [3.63, 3.8) is 0 Å². The molecule has 0 aliphatic carbocycles. The van der Waals surface area contributed by atoms with Crippen molar-refractivity contribution in [3.8, 4) is 5.75 Å². The fraction of sp³-hybridized carbons (Fsp3) is 0.355. The van der Waals surface area contributed by atoms with Crippen LogP contribution in [0.25, 0.3) is 0 Å². The van der Waals surface area contributed by atoms with E-state index in [0.717, 1.165) is 28.3 Å². The van der Waals surface area contributed by atoms with Crippen molar-refractivity contribution in [1.82, 2.24) is 5.43 Å². The van der Waals surface area contributed by atoms with E-state index in [1.165, 1.54) is 37.6 Å². The van der Waals surface area contributed by atoms with Crippen LogP contribution >= 0.6 is 0 Å². The highest BCUT2D eigenvalue weighted by Gasteiger charge is 2.27. The summed E-state index contributed by atoms with van der Waals surface area (Å²) in [6.07, 6.45) is 7.25. The highest BCUT2D eigenvalue weighted by Crippen LogP contribution is 2.26.